The van der Waals surface area contributed by atoms with Gasteiger partial charge in [-0.1, -0.05) is 33.6 Å². The first-order valence-corrected chi connectivity index (χ1v) is 8.15. The highest BCUT2D eigenvalue weighted by Gasteiger charge is 2.45. The summed E-state index contributed by atoms with van der Waals surface area (Å²) in [6, 6.07) is 0. The molecule has 0 spiro atoms. The molecule has 3 rings (SSSR count). The van der Waals surface area contributed by atoms with Crippen LogP contribution in [0.4, 0.5) is 0 Å². The molecule has 0 bridgehead atoms. The fourth-order valence-electron chi connectivity index (χ4n) is 5.68. The maximum Gasteiger partial charge on any atom is -0.0357 e. The zero-order valence-electron chi connectivity index (χ0n) is 12.0. The van der Waals surface area contributed by atoms with Crippen LogP contribution >= 0.6 is 0 Å². The van der Waals surface area contributed by atoms with Gasteiger partial charge in [-0.25, -0.2) is 0 Å². The molecule has 0 aromatic heterocycles. The topological polar surface area (TPSA) is 0 Å². The number of rotatable bonds is 0. The summed E-state index contributed by atoms with van der Waals surface area (Å²) in [6.07, 6.45) is 10.8. The van der Waals surface area contributed by atoms with Crippen molar-refractivity contribution >= 4 is 0 Å². The molecule has 0 N–H and O–H groups in total. The second kappa shape index (κ2) is 4.59. The molecule has 0 aromatic carbocycles. The predicted molar refractivity (Wildman–Crippen MR) is 73.8 cm³/mol. The summed E-state index contributed by atoms with van der Waals surface area (Å²) in [6.45, 7) is 7.56. The second-order valence-corrected chi connectivity index (χ2v) is 7.78. The van der Waals surface area contributed by atoms with Crippen molar-refractivity contribution in [3.8, 4) is 0 Å². The van der Waals surface area contributed by atoms with E-state index in [1.807, 2.05) is 0 Å². The molecule has 17 heavy (non-hydrogen) atoms. The van der Waals surface area contributed by atoms with Gasteiger partial charge in [-0.3, -0.25) is 0 Å². The Bertz CT molecular complexity index is 239. The quantitative estimate of drug-likeness (QED) is 0.545. The van der Waals surface area contributed by atoms with Gasteiger partial charge in [0.25, 0.3) is 0 Å². The number of hydrogen-bond acceptors (Lipinski definition) is 0. The first-order chi connectivity index (χ1) is 8.15. The average molecular weight is 234 g/mol. The van der Waals surface area contributed by atoms with Gasteiger partial charge >= 0.3 is 0 Å². The summed E-state index contributed by atoms with van der Waals surface area (Å²) in [7, 11) is 0. The van der Waals surface area contributed by atoms with Gasteiger partial charge in [0.15, 0.2) is 0 Å². The van der Waals surface area contributed by atoms with Crippen LogP contribution in [0.25, 0.3) is 0 Å². The Hall–Kier alpha value is 0. The Labute approximate surface area is 108 Å². The van der Waals surface area contributed by atoms with Crippen molar-refractivity contribution in [3.05, 3.63) is 0 Å². The van der Waals surface area contributed by atoms with Gasteiger partial charge in [-0.2, -0.15) is 0 Å². The number of hydrogen-bond donors (Lipinski definition) is 0. The summed E-state index contributed by atoms with van der Waals surface area (Å²) in [4.78, 5) is 0. The van der Waals surface area contributed by atoms with Gasteiger partial charge < -0.3 is 0 Å². The molecule has 6 unspecified atom stereocenters. The SMILES string of the molecule is CC1CCC2C(C1)CC1CC(C)CCC1C2C. The van der Waals surface area contributed by atoms with Crippen molar-refractivity contribution in [2.24, 2.45) is 41.4 Å². The van der Waals surface area contributed by atoms with Gasteiger partial charge in [0.2, 0.25) is 0 Å². The lowest BCUT2D eigenvalue weighted by molar-refractivity contribution is -0.0226. The largest absolute Gasteiger partial charge is 0.0625 e. The van der Waals surface area contributed by atoms with E-state index in [0.29, 0.717) is 0 Å². The van der Waals surface area contributed by atoms with Crippen LogP contribution in [0, 0.1) is 41.4 Å². The van der Waals surface area contributed by atoms with Crippen molar-refractivity contribution in [1.29, 1.82) is 0 Å². The van der Waals surface area contributed by atoms with E-state index in [9.17, 15) is 0 Å². The van der Waals surface area contributed by atoms with Crippen LogP contribution in [0.1, 0.15) is 65.7 Å². The number of fused-ring (bicyclic) bond motifs is 2. The molecule has 0 saturated heterocycles. The third-order valence-corrected chi connectivity index (χ3v) is 6.56. The summed E-state index contributed by atoms with van der Waals surface area (Å²) >= 11 is 0. The van der Waals surface area contributed by atoms with Gasteiger partial charge in [0.05, 0.1) is 0 Å². The third kappa shape index (κ3) is 2.17. The molecule has 0 aromatic rings. The Morgan fingerprint density at radius 3 is 1.53 bits per heavy atom. The average Bonchev–Trinajstić information content (AvgIpc) is 2.28. The third-order valence-electron chi connectivity index (χ3n) is 6.56. The summed E-state index contributed by atoms with van der Waals surface area (Å²) in [5.74, 6) is 7.46. The Morgan fingerprint density at radius 1 is 0.588 bits per heavy atom. The molecular formula is C17H30. The molecule has 0 heteroatoms. The molecule has 0 aliphatic heterocycles. The van der Waals surface area contributed by atoms with Crippen molar-refractivity contribution in [1.82, 2.24) is 0 Å². The first-order valence-electron chi connectivity index (χ1n) is 8.15. The standard InChI is InChI=1S/C17H30/c1-11-4-6-16-13(3)17-7-5-12(2)9-15(17)10-14(16)8-11/h11-17H,4-10H2,1-3H3. The highest BCUT2D eigenvalue weighted by atomic mass is 14.5. The zero-order valence-corrected chi connectivity index (χ0v) is 12.0. The van der Waals surface area contributed by atoms with E-state index in [4.69, 9.17) is 0 Å². The van der Waals surface area contributed by atoms with E-state index < -0.39 is 0 Å². The van der Waals surface area contributed by atoms with Crippen LogP contribution in [-0.2, 0) is 0 Å². The highest BCUT2D eigenvalue weighted by molar-refractivity contribution is 4.95. The minimum Gasteiger partial charge on any atom is -0.0625 e. The van der Waals surface area contributed by atoms with Crippen molar-refractivity contribution in [2.75, 3.05) is 0 Å². The van der Waals surface area contributed by atoms with Gasteiger partial charge in [-0.15, -0.1) is 0 Å². The predicted octanol–water partition coefficient (Wildman–Crippen LogP) is 5.13. The Morgan fingerprint density at radius 2 is 1.06 bits per heavy atom. The Balaban J connectivity index is 1.74. The van der Waals surface area contributed by atoms with E-state index in [-0.39, 0.29) is 0 Å². The molecule has 0 radical (unpaired) electrons. The molecule has 3 aliphatic rings. The van der Waals surface area contributed by atoms with Crippen LogP contribution in [0.15, 0.2) is 0 Å². The first kappa shape index (κ1) is 12.1. The normalized spacial score (nSPS) is 54.9. The lowest BCUT2D eigenvalue weighted by Gasteiger charge is -2.52. The maximum absolute atomic E-state index is 2.60. The Kier molecular flexibility index (Phi) is 3.26. The van der Waals surface area contributed by atoms with Crippen LogP contribution in [0.2, 0.25) is 0 Å². The second-order valence-electron chi connectivity index (χ2n) is 7.78. The van der Waals surface area contributed by atoms with Crippen LogP contribution in [0.5, 0.6) is 0 Å². The smallest absolute Gasteiger partial charge is 0.0357 e. The van der Waals surface area contributed by atoms with E-state index in [1.54, 1.807) is 32.1 Å². The van der Waals surface area contributed by atoms with E-state index >= 15 is 0 Å². The molecule has 6 atom stereocenters. The monoisotopic (exact) mass is 234 g/mol. The fourth-order valence-corrected chi connectivity index (χ4v) is 5.68. The van der Waals surface area contributed by atoms with Gasteiger partial charge in [0.1, 0.15) is 0 Å². The van der Waals surface area contributed by atoms with E-state index in [0.717, 1.165) is 41.4 Å². The highest BCUT2D eigenvalue weighted by Crippen LogP contribution is 2.54. The van der Waals surface area contributed by atoms with Gasteiger partial charge in [0, 0.05) is 0 Å². The summed E-state index contributed by atoms with van der Waals surface area (Å²) < 4.78 is 0. The lowest BCUT2D eigenvalue weighted by Crippen LogP contribution is -2.43. The van der Waals surface area contributed by atoms with E-state index in [1.165, 1.54) is 12.8 Å². The maximum atomic E-state index is 2.60. The van der Waals surface area contributed by atoms with Crippen LogP contribution < -0.4 is 0 Å². The van der Waals surface area contributed by atoms with Crippen LogP contribution in [0.3, 0.4) is 0 Å². The summed E-state index contributed by atoms with van der Waals surface area (Å²) in [5.41, 5.74) is 0. The molecule has 0 amide bonds. The van der Waals surface area contributed by atoms with Crippen LogP contribution in [-0.4, -0.2) is 0 Å². The van der Waals surface area contributed by atoms with Gasteiger partial charge in [-0.05, 0) is 73.5 Å². The molecule has 3 saturated carbocycles. The molecule has 98 valence electrons. The zero-order chi connectivity index (χ0) is 12.0. The van der Waals surface area contributed by atoms with Crippen molar-refractivity contribution in [3.63, 3.8) is 0 Å². The molecule has 3 fully saturated rings. The summed E-state index contributed by atoms with van der Waals surface area (Å²) in [5, 5.41) is 0. The lowest BCUT2D eigenvalue weighted by atomic mass is 9.53. The molecule has 0 heterocycles. The van der Waals surface area contributed by atoms with Crippen molar-refractivity contribution in [2.45, 2.75) is 65.7 Å². The molecule has 0 nitrogen and oxygen atoms in total. The van der Waals surface area contributed by atoms with Crippen molar-refractivity contribution < 1.29 is 0 Å². The molecule has 3 aliphatic carbocycles. The van der Waals surface area contributed by atoms with E-state index in [2.05, 4.69) is 20.8 Å². The minimum atomic E-state index is 1.01. The fraction of sp³-hybridized carbons (Fsp3) is 1.00. The molecular weight excluding hydrogens is 204 g/mol. The minimum absolute atomic E-state index is 1.01.